The van der Waals surface area contributed by atoms with Gasteiger partial charge < -0.3 is 5.32 Å². The van der Waals surface area contributed by atoms with Gasteiger partial charge in [0.25, 0.3) is 0 Å². The lowest BCUT2D eigenvalue weighted by atomic mass is 9.92. The van der Waals surface area contributed by atoms with Gasteiger partial charge in [-0.2, -0.15) is 5.10 Å². The lowest BCUT2D eigenvalue weighted by Gasteiger charge is -2.14. The maximum atomic E-state index is 12.5. The largest absolute Gasteiger partial charge is 0.324 e. The molecule has 0 atom stereocenters. The van der Waals surface area contributed by atoms with Crippen LogP contribution >= 0.6 is 11.6 Å². The van der Waals surface area contributed by atoms with E-state index in [-0.39, 0.29) is 11.4 Å². The molecule has 2 amide bonds. The van der Waals surface area contributed by atoms with Crippen LogP contribution in [0.1, 0.15) is 32.0 Å². The number of aryl methyl sites for hydroxylation is 1. The van der Waals surface area contributed by atoms with E-state index in [1.165, 1.54) is 0 Å². The van der Waals surface area contributed by atoms with Gasteiger partial charge in [-0.1, -0.05) is 50.6 Å². The molecule has 0 aliphatic carbocycles. The number of nitrogens with zero attached hydrogens (tertiary/aromatic N) is 2. The second-order valence-corrected chi connectivity index (χ2v) is 7.89. The van der Waals surface area contributed by atoms with Crippen LogP contribution in [0.15, 0.2) is 54.6 Å². The zero-order valence-electron chi connectivity index (χ0n) is 15.9. The summed E-state index contributed by atoms with van der Waals surface area (Å²) >= 11 is 5.89. The number of anilines is 2. The van der Waals surface area contributed by atoms with Crippen molar-refractivity contribution in [1.29, 1.82) is 0 Å². The van der Waals surface area contributed by atoms with Gasteiger partial charge in [0.2, 0.25) is 0 Å². The number of aromatic nitrogens is 2. The number of para-hydroxylation sites is 1. The number of nitrogens with one attached hydrogen (secondary N) is 2. The van der Waals surface area contributed by atoms with Crippen LogP contribution in [-0.2, 0) is 5.41 Å². The van der Waals surface area contributed by atoms with Gasteiger partial charge in [-0.3, -0.25) is 5.32 Å². The van der Waals surface area contributed by atoms with Crippen molar-refractivity contribution >= 4 is 29.1 Å². The second-order valence-electron chi connectivity index (χ2n) is 7.45. The highest BCUT2D eigenvalue weighted by Crippen LogP contribution is 2.27. The second kappa shape index (κ2) is 7.45. The van der Waals surface area contributed by atoms with Gasteiger partial charge >= 0.3 is 6.03 Å². The Hall–Kier alpha value is -2.79. The molecule has 0 radical (unpaired) electrons. The van der Waals surface area contributed by atoms with Gasteiger partial charge in [-0.15, -0.1) is 0 Å². The van der Waals surface area contributed by atoms with Crippen LogP contribution in [0.25, 0.3) is 5.69 Å². The first-order valence-electron chi connectivity index (χ1n) is 8.74. The predicted octanol–water partition coefficient (Wildman–Crippen LogP) is 5.78. The first-order chi connectivity index (χ1) is 12.7. The molecule has 3 rings (SSSR count). The van der Waals surface area contributed by atoms with Crippen molar-refractivity contribution in [2.75, 3.05) is 10.6 Å². The van der Waals surface area contributed by atoms with E-state index in [0.29, 0.717) is 16.5 Å². The van der Waals surface area contributed by atoms with E-state index in [9.17, 15) is 4.79 Å². The molecule has 3 aromatic rings. The van der Waals surface area contributed by atoms with Crippen molar-refractivity contribution in [3.8, 4) is 5.69 Å². The number of hydrogen-bond donors (Lipinski definition) is 2. The van der Waals surface area contributed by atoms with Gasteiger partial charge in [0.15, 0.2) is 0 Å². The van der Waals surface area contributed by atoms with E-state index in [1.54, 1.807) is 28.9 Å². The number of halogens is 1. The molecule has 1 heterocycles. The van der Waals surface area contributed by atoms with Crippen LogP contribution in [0.5, 0.6) is 0 Å². The summed E-state index contributed by atoms with van der Waals surface area (Å²) in [6, 6.07) is 16.5. The number of carbonyl (C=O) groups is 1. The fraction of sp³-hybridized carbons (Fsp3) is 0.238. The van der Waals surface area contributed by atoms with Gasteiger partial charge in [-0.05, 0) is 42.8 Å². The van der Waals surface area contributed by atoms with Crippen molar-refractivity contribution in [2.24, 2.45) is 0 Å². The van der Waals surface area contributed by atoms with Gasteiger partial charge in [-0.25, -0.2) is 9.48 Å². The minimum Gasteiger partial charge on any atom is -0.308 e. The molecule has 6 heteroatoms. The first-order valence-corrected chi connectivity index (χ1v) is 9.12. The van der Waals surface area contributed by atoms with Crippen LogP contribution < -0.4 is 10.6 Å². The lowest BCUT2D eigenvalue weighted by molar-refractivity contribution is 0.262. The van der Waals surface area contributed by atoms with Crippen molar-refractivity contribution in [3.05, 3.63) is 70.9 Å². The molecule has 0 aliphatic rings. The van der Waals surface area contributed by atoms with E-state index in [4.69, 9.17) is 16.7 Å². The maximum absolute atomic E-state index is 12.5. The Bertz CT molecular complexity index is 955. The molecule has 0 spiro atoms. The van der Waals surface area contributed by atoms with Crippen LogP contribution in [0.3, 0.4) is 0 Å². The highest BCUT2D eigenvalue weighted by Gasteiger charge is 2.22. The fourth-order valence-electron chi connectivity index (χ4n) is 2.63. The molecule has 27 heavy (non-hydrogen) atoms. The molecule has 0 saturated heterocycles. The molecule has 140 valence electrons. The summed E-state index contributed by atoms with van der Waals surface area (Å²) in [5.74, 6) is 0.612. The van der Waals surface area contributed by atoms with Crippen LogP contribution in [0, 0.1) is 6.92 Å². The molecule has 0 saturated carbocycles. The molecule has 0 bridgehead atoms. The topological polar surface area (TPSA) is 59.0 Å². The molecule has 0 unspecified atom stereocenters. The SMILES string of the molecule is Cc1ccccc1-n1nc(C(C)(C)C)cc1NC(=O)Nc1ccc(Cl)cc1. The summed E-state index contributed by atoms with van der Waals surface area (Å²) in [6.45, 7) is 8.30. The average Bonchev–Trinajstić information content (AvgIpc) is 3.01. The van der Waals surface area contributed by atoms with E-state index in [1.807, 2.05) is 37.3 Å². The zero-order chi connectivity index (χ0) is 19.6. The van der Waals surface area contributed by atoms with Gasteiger partial charge in [0.05, 0.1) is 11.4 Å². The molecule has 0 aliphatic heterocycles. The third kappa shape index (κ3) is 4.49. The number of urea groups is 1. The Kier molecular flexibility index (Phi) is 5.24. The Balaban J connectivity index is 1.91. The van der Waals surface area contributed by atoms with E-state index >= 15 is 0 Å². The molecule has 2 N–H and O–H groups in total. The summed E-state index contributed by atoms with van der Waals surface area (Å²) in [5.41, 5.74) is 3.41. The lowest BCUT2D eigenvalue weighted by Crippen LogP contribution is -2.21. The van der Waals surface area contributed by atoms with Gasteiger partial charge in [0, 0.05) is 22.2 Å². The molecule has 1 aromatic heterocycles. The number of rotatable bonds is 3. The highest BCUT2D eigenvalue weighted by atomic mass is 35.5. The summed E-state index contributed by atoms with van der Waals surface area (Å²) in [4.78, 5) is 12.5. The molecular formula is C21H23ClN4O. The third-order valence-corrected chi connectivity index (χ3v) is 4.42. The monoisotopic (exact) mass is 382 g/mol. The summed E-state index contributed by atoms with van der Waals surface area (Å²) in [7, 11) is 0. The Morgan fingerprint density at radius 2 is 1.70 bits per heavy atom. The Labute approximate surface area is 164 Å². The molecule has 5 nitrogen and oxygen atoms in total. The van der Waals surface area contributed by atoms with Crippen molar-refractivity contribution < 1.29 is 4.79 Å². The fourth-order valence-corrected chi connectivity index (χ4v) is 2.76. The third-order valence-electron chi connectivity index (χ3n) is 4.17. The van der Waals surface area contributed by atoms with Crippen LogP contribution in [0.4, 0.5) is 16.3 Å². The number of hydrogen-bond acceptors (Lipinski definition) is 2. The maximum Gasteiger partial charge on any atom is 0.324 e. The molecule has 0 fully saturated rings. The average molecular weight is 383 g/mol. The summed E-state index contributed by atoms with van der Waals surface area (Å²) in [6.07, 6.45) is 0. The Morgan fingerprint density at radius 3 is 2.33 bits per heavy atom. The van der Waals surface area contributed by atoms with Crippen molar-refractivity contribution in [2.45, 2.75) is 33.1 Å². The number of amides is 2. The Morgan fingerprint density at radius 1 is 1.04 bits per heavy atom. The summed E-state index contributed by atoms with van der Waals surface area (Å²) in [5, 5.41) is 11.1. The summed E-state index contributed by atoms with van der Waals surface area (Å²) < 4.78 is 1.78. The first kappa shape index (κ1) is 19.0. The van der Waals surface area contributed by atoms with Crippen molar-refractivity contribution in [1.82, 2.24) is 9.78 Å². The number of benzene rings is 2. The van der Waals surface area contributed by atoms with E-state index in [2.05, 4.69) is 31.4 Å². The smallest absolute Gasteiger partial charge is 0.308 e. The van der Waals surface area contributed by atoms with Gasteiger partial charge in [0.1, 0.15) is 5.82 Å². The normalized spacial score (nSPS) is 11.3. The van der Waals surface area contributed by atoms with E-state index < -0.39 is 0 Å². The molecule has 2 aromatic carbocycles. The highest BCUT2D eigenvalue weighted by molar-refractivity contribution is 6.30. The molecular weight excluding hydrogens is 360 g/mol. The zero-order valence-corrected chi connectivity index (χ0v) is 16.6. The number of carbonyl (C=O) groups excluding carboxylic acids is 1. The standard InChI is InChI=1S/C21H23ClN4O/c1-14-7-5-6-8-17(14)26-19(13-18(25-26)21(2,3)4)24-20(27)23-16-11-9-15(22)10-12-16/h5-13H,1-4H3,(H2,23,24,27). The minimum absolute atomic E-state index is 0.142. The quantitative estimate of drug-likeness (QED) is 0.603. The van der Waals surface area contributed by atoms with Crippen molar-refractivity contribution in [3.63, 3.8) is 0 Å². The minimum atomic E-state index is -0.340. The van der Waals surface area contributed by atoms with E-state index in [0.717, 1.165) is 16.9 Å². The van der Waals surface area contributed by atoms with Crippen LogP contribution in [-0.4, -0.2) is 15.8 Å². The van der Waals surface area contributed by atoms with Crippen LogP contribution in [0.2, 0.25) is 5.02 Å². The predicted molar refractivity (Wildman–Crippen MR) is 111 cm³/mol.